The lowest BCUT2D eigenvalue weighted by Gasteiger charge is -2.03. The van der Waals surface area contributed by atoms with Gasteiger partial charge in [-0.3, -0.25) is 0 Å². The number of hydrogen-bond acceptors (Lipinski definition) is 2. The van der Waals surface area contributed by atoms with Gasteiger partial charge in [0.2, 0.25) is 0 Å². The van der Waals surface area contributed by atoms with E-state index in [9.17, 15) is 0 Å². The van der Waals surface area contributed by atoms with E-state index < -0.39 is 15.6 Å². The lowest BCUT2D eigenvalue weighted by molar-refractivity contribution is 0.272. The van der Waals surface area contributed by atoms with Crippen LogP contribution in [0, 0.1) is 0 Å². The van der Waals surface area contributed by atoms with E-state index >= 15 is 0 Å². The lowest BCUT2D eigenvalue weighted by Crippen LogP contribution is -1.83. The Kier molecular flexibility index (Phi) is 42.2. The maximum Gasteiger partial charge on any atom is 0.466 e. The molecule has 208 valence electrons. The largest absolute Gasteiger partial charge is 0.466 e. The van der Waals surface area contributed by atoms with Gasteiger partial charge in [0, 0.05) is 0 Å². The molecule has 0 aliphatic carbocycles. The molecule has 0 radical (unpaired) electrons. The van der Waals surface area contributed by atoms with Crippen LogP contribution in [0.2, 0.25) is 0 Å². The zero-order chi connectivity index (χ0) is 24.4. The predicted octanol–water partition coefficient (Wildman–Crippen LogP) is 6.39. The SMILES string of the molecule is C.CCCCCCCCCCCCCCCCCCCCC.O.O=P(O)(O)O.O=P(O)(O)O. The smallest absolute Gasteiger partial charge is 0.412 e. The third-order valence-corrected chi connectivity index (χ3v) is 4.71. The van der Waals surface area contributed by atoms with Gasteiger partial charge in [0.1, 0.15) is 0 Å². The highest BCUT2D eigenvalue weighted by atomic mass is 31.2. The van der Waals surface area contributed by atoms with Crippen molar-refractivity contribution in [2.45, 2.75) is 143 Å². The summed E-state index contributed by atoms with van der Waals surface area (Å²) >= 11 is 0. The van der Waals surface area contributed by atoms with Gasteiger partial charge in [-0.25, -0.2) is 9.13 Å². The van der Waals surface area contributed by atoms with E-state index in [0.717, 1.165) is 0 Å². The first-order valence-electron chi connectivity index (χ1n) is 12.0. The number of rotatable bonds is 18. The monoisotopic (exact) mass is 526 g/mol. The van der Waals surface area contributed by atoms with Gasteiger partial charge in [-0.2, -0.15) is 0 Å². The Balaban J connectivity index is -0.000000182. The molecule has 0 heterocycles. The first kappa shape index (κ1) is 43.3. The fourth-order valence-electron chi connectivity index (χ4n) is 3.15. The highest BCUT2D eigenvalue weighted by Crippen LogP contribution is 2.26. The van der Waals surface area contributed by atoms with Crippen molar-refractivity contribution < 1.29 is 44.0 Å². The fraction of sp³-hybridized carbons (Fsp3) is 1.00. The standard InChI is InChI=1S/C21H44.CH4.2H3O4P.H2O/c1-3-5-7-9-11-13-15-17-19-21-20-18-16-14-12-10-8-6-4-2;;2*1-5(2,3)4;/h3-21H2,1-2H3;1H4;2*(H3,1,2,3,4);1H2. The molecule has 0 saturated heterocycles. The molecule has 0 aromatic carbocycles. The van der Waals surface area contributed by atoms with E-state index in [1.165, 1.54) is 122 Å². The Morgan fingerprint density at radius 2 is 0.485 bits per heavy atom. The molecule has 0 saturated carbocycles. The fourth-order valence-corrected chi connectivity index (χ4v) is 3.15. The number of hydrogen-bond donors (Lipinski definition) is 6. The van der Waals surface area contributed by atoms with Gasteiger partial charge in [-0.1, -0.05) is 143 Å². The molecule has 0 aromatic heterocycles. The molecule has 0 spiro atoms. The third-order valence-electron chi connectivity index (χ3n) is 4.71. The Bertz CT molecular complexity index is 372. The van der Waals surface area contributed by atoms with Gasteiger partial charge in [-0.05, 0) is 0 Å². The van der Waals surface area contributed by atoms with E-state index in [1.807, 2.05) is 0 Å². The highest BCUT2D eigenvalue weighted by Gasteiger charge is 2.00. The first-order chi connectivity index (χ1) is 14.4. The second-order valence-corrected chi connectivity index (χ2v) is 10.1. The quantitative estimate of drug-likeness (QED) is 0.0874. The van der Waals surface area contributed by atoms with E-state index in [-0.39, 0.29) is 12.9 Å². The summed E-state index contributed by atoms with van der Waals surface area (Å²) in [5.41, 5.74) is 0. The van der Waals surface area contributed by atoms with Crippen molar-refractivity contribution in [2.75, 3.05) is 0 Å². The molecule has 0 bridgehead atoms. The van der Waals surface area contributed by atoms with Gasteiger partial charge in [-0.15, -0.1) is 0 Å². The molecule has 33 heavy (non-hydrogen) atoms. The summed E-state index contributed by atoms with van der Waals surface area (Å²) in [6.45, 7) is 4.60. The van der Waals surface area contributed by atoms with Crippen LogP contribution in [0.5, 0.6) is 0 Å². The maximum absolute atomic E-state index is 8.88. The van der Waals surface area contributed by atoms with Gasteiger partial charge in [0.05, 0.1) is 0 Å². The molecular weight excluding hydrogens is 470 g/mol. The minimum Gasteiger partial charge on any atom is -0.412 e. The van der Waals surface area contributed by atoms with Crippen LogP contribution in [0.1, 0.15) is 143 Å². The summed E-state index contributed by atoms with van der Waals surface area (Å²) in [5, 5.41) is 0. The van der Waals surface area contributed by atoms with E-state index in [0.29, 0.717) is 0 Å². The molecular formula is C22H56O9P2. The van der Waals surface area contributed by atoms with Crippen LogP contribution < -0.4 is 0 Å². The summed E-state index contributed by atoms with van der Waals surface area (Å²) in [5.74, 6) is 0. The van der Waals surface area contributed by atoms with E-state index in [2.05, 4.69) is 13.8 Å². The zero-order valence-corrected chi connectivity index (χ0v) is 22.1. The van der Waals surface area contributed by atoms with Crippen LogP contribution in [0.25, 0.3) is 0 Å². The number of unbranched alkanes of at least 4 members (excludes halogenated alkanes) is 18. The molecule has 9 nitrogen and oxygen atoms in total. The van der Waals surface area contributed by atoms with E-state index in [1.54, 1.807) is 0 Å². The molecule has 0 aromatic rings. The molecule has 8 N–H and O–H groups in total. The molecule has 0 atom stereocenters. The lowest BCUT2D eigenvalue weighted by atomic mass is 10.0. The summed E-state index contributed by atoms with van der Waals surface area (Å²) in [6, 6.07) is 0. The van der Waals surface area contributed by atoms with E-state index in [4.69, 9.17) is 38.5 Å². The van der Waals surface area contributed by atoms with Crippen molar-refractivity contribution >= 4 is 15.6 Å². The average Bonchev–Trinajstić information content (AvgIpc) is 2.61. The second kappa shape index (κ2) is 32.2. The van der Waals surface area contributed by atoms with Gasteiger partial charge in [0.25, 0.3) is 0 Å². The first-order valence-corrected chi connectivity index (χ1v) is 15.1. The van der Waals surface area contributed by atoms with Crippen molar-refractivity contribution in [3.05, 3.63) is 0 Å². The van der Waals surface area contributed by atoms with Gasteiger partial charge in [0.15, 0.2) is 0 Å². The summed E-state index contributed by atoms with van der Waals surface area (Å²) in [7, 11) is -9.28. The minimum atomic E-state index is -4.64. The van der Waals surface area contributed by atoms with Crippen LogP contribution >= 0.6 is 15.6 Å². The Morgan fingerprint density at radius 3 is 0.576 bits per heavy atom. The maximum atomic E-state index is 8.88. The molecule has 0 fully saturated rings. The summed E-state index contributed by atoms with van der Waals surface area (Å²) in [6.07, 6.45) is 27.9. The molecule has 0 aliphatic heterocycles. The summed E-state index contributed by atoms with van der Waals surface area (Å²) < 4.78 is 17.8. The third kappa shape index (κ3) is 88.7. The topological polar surface area (TPSA) is 187 Å². The summed E-state index contributed by atoms with van der Waals surface area (Å²) in [4.78, 5) is 43.1. The Morgan fingerprint density at radius 1 is 0.394 bits per heavy atom. The van der Waals surface area contributed by atoms with Gasteiger partial charge >= 0.3 is 15.6 Å². The molecule has 0 rings (SSSR count). The predicted molar refractivity (Wildman–Crippen MR) is 138 cm³/mol. The van der Waals surface area contributed by atoms with Crippen LogP contribution in [0.4, 0.5) is 0 Å². The van der Waals surface area contributed by atoms with Crippen LogP contribution in [-0.4, -0.2) is 34.8 Å². The van der Waals surface area contributed by atoms with Crippen molar-refractivity contribution in [1.29, 1.82) is 0 Å². The Hall–Kier alpha value is 0.180. The van der Waals surface area contributed by atoms with Gasteiger partial charge < -0.3 is 34.8 Å². The van der Waals surface area contributed by atoms with Crippen LogP contribution in [-0.2, 0) is 9.13 Å². The second-order valence-electron chi connectivity index (χ2n) is 8.04. The van der Waals surface area contributed by atoms with Crippen molar-refractivity contribution in [1.82, 2.24) is 0 Å². The minimum absolute atomic E-state index is 0. The van der Waals surface area contributed by atoms with Crippen molar-refractivity contribution in [3.8, 4) is 0 Å². The highest BCUT2D eigenvalue weighted by molar-refractivity contribution is 7.45. The molecule has 0 aliphatic rings. The molecule has 11 heteroatoms. The van der Waals surface area contributed by atoms with Crippen LogP contribution in [0.15, 0.2) is 0 Å². The van der Waals surface area contributed by atoms with Crippen molar-refractivity contribution in [2.24, 2.45) is 0 Å². The number of phosphoric acid groups is 2. The van der Waals surface area contributed by atoms with Crippen LogP contribution in [0.3, 0.4) is 0 Å². The molecule has 0 unspecified atom stereocenters. The van der Waals surface area contributed by atoms with Crippen molar-refractivity contribution in [3.63, 3.8) is 0 Å². The Labute approximate surface area is 203 Å². The zero-order valence-electron chi connectivity index (χ0n) is 20.3. The average molecular weight is 527 g/mol. The normalized spacial score (nSPS) is 10.7. The molecule has 0 amide bonds.